The van der Waals surface area contributed by atoms with Crippen LogP contribution in [0.4, 0.5) is 0 Å². The van der Waals surface area contributed by atoms with E-state index in [-0.39, 0.29) is 19.1 Å². The van der Waals surface area contributed by atoms with Gasteiger partial charge in [0.15, 0.2) is 0 Å². The van der Waals surface area contributed by atoms with Crippen LogP contribution in [-0.2, 0) is 14.3 Å². The SMILES string of the molecule is CC(C)OCC(O)CC1(C(=O)O)CCOCC1. The van der Waals surface area contributed by atoms with Crippen LogP contribution < -0.4 is 0 Å². The van der Waals surface area contributed by atoms with Crippen molar-refractivity contribution in [1.29, 1.82) is 0 Å². The molecule has 17 heavy (non-hydrogen) atoms. The van der Waals surface area contributed by atoms with Gasteiger partial charge < -0.3 is 19.7 Å². The first-order valence-corrected chi connectivity index (χ1v) is 6.07. The van der Waals surface area contributed by atoms with Crippen LogP contribution in [0.1, 0.15) is 33.1 Å². The highest BCUT2D eigenvalue weighted by Crippen LogP contribution is 2.35. The molecule has 1 rings (SSSR count). The summed E-state index contributed by atoms with van der Waals surface area (Å²) in [4.78, 5) is 11.3. The third kappa shape index (κ3) is 4.26. The Morgan fingerprint density at radius 2 is 2.00 bits per heavy atom. The monoisotopic (exact) mass is 246 g/mol. The lowest BCUT2D eigenvalue weighted by Crippen LogP contribution is -2.41. The molecule has 5 nitrogen and oxygen atoms in total. The molecule has 0 aromatic heterocycles. The second-order valence-corrected chi connectivity index (χ2v) is 4.94. The molecule has 1 fully saturated rings. The predicted molar refractivity (Wildman–Crippen MR) is 61.8 cm³/mol. The summed E-state index contributed by atoms with van der Waals surface area (Å²) in [6.45, 7) is 4.85. The molecule has 100 valence electrons. The van der Waals surface area contributed by atoms with Gasteiger partial charge in [-0.1, -0.05) is 0 Å². The van der Waals surface area contributed by atoms with Gasteiger partial charge in [-0.25, -0.2) is 0 Å². The van der Waals surface area contributed by atoms with Crippen LogP contribution in [0.25, 0.3) is 0 Å². The quantitative estimate of drug-likeness (QED) is 0.732. The van der Waals surface area contributed by atoms with E-state index in [1.54, 1.807) is 0 Å². The number of aliphatic hydroxyl groups is 1. The van der Waals surface area contributed by atoms with Crippen molar-refractivity contribution >= 4 is 5.97 Å². The molecule has 1 aliphatic rings. The number of carbonyl (C=O) groups is 1. The maximum Gasteiger partial charge on any atom is 0.309 e. The minimum Gasteiger partial charge on any atom is -0.481 e. The Morgan fingerprint density at radius 1 is 1.41 bits per heavy atom. The van der Waals surface area contributed by atoms with Crippen molar-refractivity contribution in [1.82, 2.24) is 0 Å². The number of hydrogen-bond donors (Lipinski definition) is 2. The molecule has 0 aromatic carbocycles. The lowest BCUT2D eigenvalue weighted by Gasteiger charge is -2.34. The molecular formula is C12H22O5. The first-order valence-electron chi connectivity index (χ1n) is 6.07. The number of ether oxygens (including phenoxy) is 2. The minimum absolute atomic E-state index is 0.0418. The molecule has 0 saturated carbocycles. The molecule has 5 heteroatoms. The van der Waals surface area contributed by atoms with Crippen molar-refractivity contribution in [2.24, 2.45) is 5.41 Å². The molecule has 0 amide bonds. The van der Waals surface area contributed by atoms with Crippen LogP contribution in [-0.4, -0.2) is 48.2 Å². The Hall–Kier alpha value is -0.650. The van der Waals surface area contributed by atoms with Crippen molar-refractivity contribution in [3.63, 3.8) is 0 Å². The zero-order valence-corrected chi connectivity index (χ0v) is 10.5. The Labute approximate surface area is 102 Å². The molecule has 0 bridgehead atoms. The van der Waals surface area contributed by atoms with E-state index in [0.717, 1.165) is 0 Å². The Balaban J connectivity index is 2.51. The van der Waals surface area contributed by atoms with Crippen LogP contribution in [0.5, 0.6) is 0 Å². The molecule has 0 aromatic rings. The maximum atomic E-state index is 11.3. The first-order chi connectivity index (χ1) is 7.96. The molecule has 2 N–H and O–H groups in total. The standard InChI is InChI=1S/C12H22O5/c1-9(2)17-8-10(13)7-12(11(14)15)3-5-16-6-4-12/h9-10,13H,3-8H2,1-2H3,(H,14,15). The molecule has 1 atom stereocenters. The van der Waals surface area contributed by atoms with Gasteiger partial charge in [-0.15, -0.1) is 0 Å². The average Bonchev–Trinajstić information content (AvgIpc) is 2.27. The highest BCUT2D eigenvalue weighted by atomic mass is 16.5. The van der Waals surface area contributed by atoms with Crippen LogP contribution in [0.15, 0.2) is 0 Å². The normalized spacial score (nSPS) is 21.4. The molecule has 1 heterocycles. The highest BCUT2D eigenvalue weighted by Gasteiger charge is 2.41. The fraction of sp³-hybridized carbons (Fsp3) is 0.917. The van der Waals surface area contributed by atoms with Gasteiger partial charge in [0.05, 0.1) is 24.2 Å². The Morgan fingerprint density at radius 3 is 2.47 bits per heavy atom. The Kier molecular flexibility index (Phi) is 5.36. The van der Waals surface area contributed by atoms with Crippen molar-refractivity contribution in [3.05, 3.63) is 0 Å². The van der Waals surface area contributed by atoms with Crippen LogP contribution in [0, 0.1) is 5.41 Å². The smallest absolute Gasteiger partial charge is 0.309 e. The summed E-state index contributed by atoms with van der Waals surface area (Å²) < 4.78 is 10.5. The second kappa shape index (κ2) is 6.33. The number of aliphatic carboxylic acids is 1. The van der Waals surface area contributed by atoms with Gasteiger partial charge in [0.25, 0.3) is 0 Å². The molecule has 0 radical (unpaired) electrons. The van der Waals surface area contributed by atoms with Gasteiger partial charge in [-0.2, -0.15) is 0 Å². The summed E-state index contributed by atoms with van der Waals surface area (Å²) >= 11 is 0. The third-order valence-electron chi connectivity index (χ3n) is 3.15. The topological polar surface area (TPSA) is 76.0 Å². The number of aliphatic hydroxyl groups excluding tert-OH is 1. The fourth-order valence-electron chi connectivity index (χ4n) is 2.08. The minimum atomic E-state index is -0.849. The third-order valence-corrected chi connectivity index (χ3v) is 3.15. The highest BCUT2D eigenvalue weighted by molar-refractivity contribution is 5.74. The number of carboxylic acids is 1. The van der Waals surface area contributed by atoms with Gasteiger partial charge >= 0.3 is 5.97 Å². The summed E-state index contributed by atoms with van der Waals surface area (Å²) in [7, 11) is 0. The molecule has 1 unspecified atom stereocenters. The van der Waals surface area contributed by atoms with E-state index in [0.29, 0.717) is 26.1 Å². The van der Waals surface area contributed by atoms with E-state index in [4.69, 9.17) is 9.47 Å². The maximum absolute atomic E-state index is 11.3. The van der Waals surface area contributed by atoms with Crippen molar-refractivity contribution in [2.45, 2.75) is 45.3 Å². The van der Waals surface area contributed by atoms with Crippen molar-refractivity contribution in [2.75, 3.05) is 19.8 Å². The van der Waals surface area contributed by atoms with Crippen LogP contribution in [0.3, 0.4) is 0 Å². The van der Waals surface area contributed by atoms with Gasteiger partial charge in [-0.3, -0.25) is 4.79 Å². The van der Waals surface area contributed by atoms with Gasteiger partial charge in [0.1, 0.15) is 0 Å². The number of rotatable bonds is 6. The van der Waals surface area contributed by atoms with Gasteiger partial charge in [0.2, 0.25) is 0 Å². The van der Waals surface area contributed by atoms with E-state index in [9.17, 15) is 15.0 Å². The van der Waals surface area contributed by atoms with Crippen molar-refractivity contribution < 1.29 is 24.5 Å². The zero-order valence-electron chi connectivity index (χ0n) is 10.5. The van der Waals surface area contributed by atoms with Crippen LogP contribution >= 0.6 is 0 Å². The number of hydrogen-bond acceptors (Lipinski definition) is 4. The Bertz CT molecular complexity index is 245. The molecule has 0 aliphatic carbocycles. The van der Waals surface area contributed by atoms with E-state index in [1.165, 1.54) is 0 Å². The summed E-state index contributed by atoms with van der Waals surface area (Å²) in [6.07, 6.45) is 0.465. The van der Waals surface area contributed by atoms with Crippen LogP contribution in [0.2, 0.25) is 0 Å². The summed E-state index contributed by atoms with van der Waals surface area (Å²) in [5.74, 6) is -0.843. The lowest BCUT2D eigenvalue weighted by molar-refractivity contribution is -0.158. The fourth-order valence-corrected chi connectivity index (χ4v) is 2.08. The van der Waals surface area contributed by atoms with E-state index < -0.39 is 17.5 Å². The average molecular weight is 246 g/mol. The van der Waals surface area contributed by atoms with Gasteiger partial charge in [0, 0.05) is 13.2 Å². The molecule has 1 saturated heterocycles. The summed E-state index contributed by atoms with van der Waals surface area (Å²) in [5.41, 5.74) is -0.849. The largest absolute Gasteiger partial charge is 0.481 e. The summed E-state index contributed by atoms with van der Waals surface area (Å²) in [5, 5.41) is 19.1. The number of carboxylic acid groups (broad SMARTS) is 1. The van der Waals surface area contributed by atoms with Gasteiger partial charge in [-0.05, 0) is 33.1 Å². The first kappa shape index (κ1) is 14.4. The van der Waals surface area contributed by atoms with E-state index >= 15 is 0 Å². The van der Waals surface area contributed by atoms with Crippen molar-refractivity contribution in [3.8, 4) is 0 Å². The molecule has 0 spiro atoms. The molecular weight excluding hydrogens is 224 g/mol. The van der Waals surface area contributed by atoms with E-state index in [1.807, 2.05) is 13.8 Å². The zero-order chi connectivity index (χ0) is 12.9. The van der Waals surface area contributed by atoms with E-state index in [2.05, 4.69) is 0 Å². The second-order valence-electron chi connectivity index (χ2n) is 4.94. The molecule has 1 aliphatic heterocycles. The predicted octanol–water partition coefficient (Wildman–Crippen LogP) is 1.04. The summed E-state index contributed by atoms with van der Waals surface area (Å²) in [6, 6.07) is 0. The lowest BCUT2D eigenvalue weighted by atomic mass is 9.76.